The summed E-state index contributed by atoms with van der Waals surface area (Å²) in [5.74, 6) is 0. The molecule has 60 valence electrons. The Kier molecular flexibility index (Phi) is 6.18. The topological polar surface area (TPSA) is 55.1 Å². The van der Waals surface area contributed by atoms with E-state index in [-0.39, 0.29) is 6.17 Å². The molecule has 0 radical (unpaired) electrons. The first-order chi connectivity index (χ1) is 4.81. The minimum Gasteiger partial charge on any atom is -0.344 e. The maximum Gasteiger partial charge on any atom is 0.208 e. The van der Waals surface area contributed by atoms with Crippen LogP contribution in [0.4, 0.5) is 0 Å². The van der Waals surface area contributed by atoms with E-state index in [4.69, 9.17) is 5.73 Å². The van der Waals surface area contributed by atoms with Gasteiger partial charge in [0.25, 0.3) is 0 Å². The Bertz CT molecular complexity index is 85.7. The zero-order valence-electron chi connectivity index (χ0n) is 6.47. The molecule has 1 atom stereocenters. The van der Waals surface area contributed by atoms with Gasteiger partial charge in [-0.1, -0.05) is 26.2 Å². The predicted molar refractivity (Wildman–Crippen MR) is 41.3 cm³/mol. The molecule has 0 saturated heterocycles. The van der Waals surface area contributed by atoms with E-state index in [1.807, 2.05) is 0 Å². The Labute approximate surface area is 62.0 Å². The minimum atomic E-state index is -0.149. The average Bonchev–Trinajstić information content (AvgIpc) is 1.89. The Morgan fingerprint density at radius 2 is 2.30 bits per heavy atom. The molecule has 3 nitrogen and oxygen atoms in total. The average molecular weight is 144 g/mol. The van der Waals surface area contributed by atoms with Gasteiger partial charge in [-0.05, 0) is 6.42 Å². The maximum atomic E-state index is 9.86. The quantitative estimate of drug-likeness (QED) is 0.326. The Morgan fingerprint density at radius 3 is 2.80 bits per heavy atom. The lowest BCUT2D eigenvalue weighted by molar-refractivity contribution is -0.110. The van der Waals surface area contributed by atoms with E-state index in [1.54, 1.807) is 0 Å². The van der Waals surface area contributed by atoms with Crippen LogP contribution in [0.15, 0.2) is 0 Å². The monoisotopic (exact) mass is 144 g/mol. The molecule has 1 amide bonds. The molecule has 0 aromatic carbocycles. The lowest BCUT2D eigenvalue weighted by atomic mass is 10.2. The van der Waals surface area contributed by atoms with Crippen LogP contribution in [0.3, 0.4) is 0 Å². The van der Waals surface area contributed by atoms with Crippen molar-refractivity contribution in [2.75, 3.05) is 0 Å². The highest BCUT2D eigenvalue weighted by Crippen LogP contribution is 1.98. The SMILES string of the molecule is CCCCCC(N)NC=O. The standard InChI is InChI=1S/C7H16N2O/c1-2-3-4-5-7(8)9-6-10/h6-7H,2-5,8H2,1H3,(H,9,10). The third-order valence-electron chi connectivity index (χ3n) is 1.40. The first-order valence-electron chi connectivity index (χ1n) is 3.76. The van der Waals surface area contributed by atoms with E-state index in [2.05, 4.69) is 12.2 Å². The summed E-state index contributed by atoms with van der Waals surface area (Å²) in [6.45, 7) is 2.14. The van der Waals surface area contributed by atoms with E-state index >= 15 is 0 Å². The fourth-order valence-electron chi connectivity index (χ4n) is 0.785. The molecule has 0 aromatic rings. The van der Waals surface area contributed by atoms with Crippen LogP contribution in [0.1, 0.15) is 32.6 Å². The number of hydrogen-bond acceptors (Lipinski definition) is 2. The second kappa shape index (κ2) is 6.55. The highest BCUT2D eigenvalue weighted by Gasteiger charge is 1.97. The Morgan fingerprint density at radius 1 is 1.60 bits per heavy atom. The van der Waals surface area contributed by atoms with E-state index in [1.165, 1.54) is 12.8 Å². The van der Waals surface area contributed by atoms with Gasteiger partial charge in [0, 0.05) is 0 Å². The summed E-state index contributed by atoms with van der Waals surface area (Å²) in [5, 5.41) is 2.50. The molecule has 3 heteroatoms. The highest BCUT2D eigenvalue weighted by molar-refractivity contribution is 5.46. The van der Waals surface area contributed by atoms with E-state index in [0.29, 0.717) is 6.41 Å². The molecule has 0 rings (SSSR count). The molecule has 10 heavy (non-hydrogen) atoms. The van der Waals surface area contributed by atoms with E-state index in [0.717, 1.165) is 12.8 Å². The van der Waals surface area contributed by atoms with Crippen LogP contribution in [0.2, 0.25) is 0 Å². The lowest BCUT2D eigenvalue weighted by Gasteiger charge is -2.08. The largest absolute Gasteiger partial charge is 0.344 e. The number of nitrogens with two attached hydrogens (primary N) is 1. The van der Waals surface area contributed by atoms with Crippen molar-refractivity contribution < 1.29 is 4.79 Å². The molecule has 0 aromatic heterocycles. The molecule has 0 aliphatic rings. The summed E-state index contributed by atoms with van der Waals surface area (Å²) in [4.78, 5) is 9.86. The number of carbonyl (C=O) groups excluding carboxylic acids is 1. The van der Waals surface area contributed by atoms with Gasteiger partial charge >= 0.3 is 0 Å². The van der Waals surface area contributed by atoms with Crippen molar-refractivity contribution in [1.82, 2.24) is 5.32 Å². The molecule has 0 fully saturated rings. The van der Waals surface area contributed by atoms with Crippen molar-refractivity contribution in [3.8, 4) is 0 Å². The minimum absolute atomic E-state index is 0.149. The van der Waals surface area contributed by atoms with Crippen LogP contribution in [0, 0.1) is 0 Å². The molecule has 0 heterocycles. The number of hydrogen-bond donors (Lipinski definition) is 2. The van der Waals surface area contributed by atoms with Crippen molar-refractivity contribution >= 4 is 6.41 Å². The number of amides is 1. The van der Waals surface area contributed by atoms with Gasteiger partial charge in [0.05, 0.1) is 6.17 Å². The molecular weight excluding hydrogens is 128 g/mol. The summed E-state index contributed by atoms with van der Waals surface area (Å²) in [6, 6.07) is 0. The zero-order chi connectivity index (χ0) is 7.82. The molecule has 3 N–H and O–H groups in total. The number of nitrogens with one attached hydrogen (secondary N) is 1. The predicted octanol–water partition coefficient (Wildman–Crippen LogP) is 0.598. The van der Waals surface area contributed by atoms with E-state index < -0.39 is 0 Å². The molecule has 0 saturated carbocycles. The molecular formula is C7H16N2O. The summed E-state index contributed by atoms with van der Waals surface area (Å²) >= 11 is 0. The molecule has 0 bridgehead atoms. The highest BCUT2D eigenvalue weighted by atomic mass is 16.1. The molecule has 1 unspecified atom stereocenters. The molecule has 0 aliphatic heterocycles. The third kappa shape index (κ3) is 5.56. The summed E-state index contributed by atoms with van der Waals surface area (Å²) in [6.07, 6.45) is 4.85. The second-order valence-corrected chi connectivity index (χ2v) is 2.39. The van der Waals surface area contributed by atoms with Gasteiger partial charge in [-0.25, -0.2) is 0 Å². The zero-order valence-corrected chi connectivity index (χ0v) is 6.47. The Hall–Kier alpha value is -0.570. The van der Waals surface area contributed by atoms with Gasteiger partial charge in [-0.2, -0.15) is 0 Å². The number of unbranched alkanes of at least 4 members (excludes halogenated alkanes) is 2. The van der Waals surface area contributed by atoms with Gasteiger partial charge in [0.2, 0.25) is 6.41 Å². The summed E-state index contributed by atoms with van der Waals surface area (Å²) < 4.78 is 0. The second-order valence-electron chi connectivity index (χ2n) is 2.39. The smallest absolute Gasteiger partial charge is 0.208 e. The van der Waals surface area contributed by atoms with Crippen molar-refractivity contribution in [2.45, 2.75) is 38.8 Å². The van der Waals surface area contributed by atoms with Crippen LogP contribution in [0.5, 0.6) is 0 Å². The van der Waals surface area contributed by atoms with Crippen LogP contribution in [-0.2, 0) is 4.79 Å². The maximum absolute atomic E-state index is 9.86. The van der Waals surface area contributed by atoms with Gasteiger partial charge in [-0.3, -0.25) is 4.79 Å². The van der Waals surface area contributed by atoms with E-state index in [9.17, 15) is 4.79 Å². The van der Waals surface area contributed by atoms with Crippen LogP contribution in [0.25, 0.3) is 0 Å². The van der Waals surface area contributed by atoms with Gasteiger partial charge in [-0.15, -0.1) is 0 Å². The number of rotatable bonds is 6. The third-order valence-corrected chi connectivity index (χ3v) is 1.40. The number of carbonyl (C=O) groups is 1. The fourth-order valence-corrected chi connectivity index (χ4v) is 0.785. The molecule has 0 aliphatic carbocycles. The first kappa shape index (κ1) is 9.43. The molecule has 0 spiro atoms. The van der Waals surface area contributed by atoms with Gasteiger partial charge < -0.3 is 11.1 Å². The van der Waals surface area contributed by atoms with Crippen molar-refractivity contribution in [1.29, 1.82) is 0 Å². The van der Waals surface area contributed by atoms with Gasteiger partial charge in [0.1, 0.15) is 0 Å². The Balaban J connectivity index is 3.04. The fraction of sp³-hybridized carbons (Fsp3) is 0.857. The van der Waals surface area contributed by atoms with Crippen molar-refractivity contribution in [3.05, 3.63) is 0 Å². The summed E-state index contributed by atoms with van der Waals surface area (Å²) in [7, 11) is 0. The lowest BCUT2D eigenvalue weighted by Crippen LogP contribution is -2.36. The normalized spacial score (nSPS) is 12.6. The van der Waals surface area contributed by atoms with Crippen molar-refractivity contribution in [2.24, 2.45) is 5.73 Å². The van der Waals surface area contributed by atoms with Crippen LogP contribution in [-0.4, -0.2) is 12.6 Å². The van der Waals surface area contributed by atoms with Crippen LogP contribution >= 0.6 is 0 Å². The van der Waals surface area contributed by atoms with Gasteiger partial charge in [0.15, 0.2) is 0 Å². The van der Waals surface area contributed by atoms with Crippen LogP contribution < -0.4 is 11.1 Å². The summed E-state index contributed by atoms with van der Waals surface area (Å²) in [5.41, 5.74) is 5.48. The first-order valence-corrected chi connectivity index (χ1v) is 3.76. The van der Waals surface area contributed by atoms with Crippen molar-refractivity contribution in [3.63, 3.8) is 0 Å².